The van der Waals surface area contributed by atoms with Crippen molar-refractivity contribution in [2.75, 3.05) is 0 Å². The summed E-state index contributed by atoms with van der Waals surface area (Å²) < 4.78 is 3.66. The summed E-state index contributed by atoms with van der Waals surface area (Å²) in [6.07, 6.45) is -1.04. The van der Waals surface area contributed by atoms with Gasteiger partial charge in [0.25, 0.3) is 0 Å². The molecule has 0 radical (unpaired) electrons. The summed E-state index contributed by atoms with van der Waals surface area (Å²) in [6.45, 7) is 1.17. The van der Waals surface area contributed by atoms with Gasteiger partial charge in [-0.15, -0.1) is 0 Å². The SMILES string of the molecule is CC(=O)N1C(=O)C(=O)OC1C(Br)(Br)Br. The average Bonchev–Trinajstić information content (AvgIpc) is 2.27. The number of imide groups is 1. The maximum Gasteiger partial charge on any atom is 0.399 e. The van der Waals surface area contributed by atoms with E-state index in [1.807, 2.05) is 0 Å². The second kappa shape index (κ2) is 3.90. The van der Waals surface area contributed by atoms with E-state index in [-0.39, 0.29) is 0 Å². The zero-order chi connectivity index (χ0) is 11.1. The number of ether oxygens (including phenoxy) is 1. The first kappa shape index (κ1) is 12.1. The summed E-state index contributed by atoms with van der Waals surface area (Å²) >= 11 is 9.24. The fourth-order valence-electron chi connectivity index (χ4n) is 0.931. The summed E-state index contributed by atoms with van der Waals surface area (Å²) in [4.78, 5) is 33.9. The molecule has 1 fully saturated rings. The van der Waals surface area contributed by atoms with Crippen molar-refractivity contribution in [2.24, 2.45) is 0 Å². The van der Waals surface area contributed by atoms with Gasteiger partial charge in [-0.1, -0.05) is 47.8 Å². The number of carbonyl (C=O) groups excluding carboxylic acids is 3. The molecule has 1 rings (SSSR count). The van der Waals surface area contributed by atoms with Gasteiger partial charge in [0.1, 0.15) is 0 Å². The van der Waals surface area contributed by atoms with Gasteiger partial charge in [-0.25, -0.2) is 9.69 Å². The minimum Gasteiger partial charge on any atom is -0.430 e. The number of alkyl halides is 3. The Balaban J connectivity index is 3.03. The molecule has 8 heteroatoms. The third kappa shape index (κ3) is 2.17. The van der Waals surface area contributed by atoms with Gasteiger partial charge in [-0.3, -0.25) is 9.59 Å². The van der Waals surface area contributed by atoms with Gasteiger partial charge in [0, 0.05) is 6.92 Å². The van der Waals surface area contributed by atoms with Crippen molar-refractivity contribution in [1.29, 1.82) is 0 Å². The molecular weight excluding hydrogens is 390 g/mol. The number of rotatable bonds is 0. The molecule has 0 aliphatic carbocycles. The molecule has 0 aromatic rings. The molecular formula is C6H4Br3NO4. The lowest BCUT2D eigenvalue weighted by Gasteiger charge is -2.25. The summed E-state index contributed by atoms with van der Waals surface area (Å²) in [5.41, 5.74) is 0. The lowest BCUT2D eigenvalue weighted by Crippen LogP contribution is -2.44. The molecule has 0 spiro atoms. The molecule has 2 amide bonds. The molecule has 1 aliphatic rings. The first-order valence-electron chi connectivity index (χ1n) is 3.36. The number of esters is 1. The third-order valence-corrected chi connectivity index (χ3v) is 2.64. The van der Waals surface area contributed by atoms with Crippen LogP contribution in [0.5, 0.6) is 0 Å². The van der Waals surface area contributed by atoms with Crippen LogP contribution in [0.3, 0.4) is 0 Å². The molecule has 1 aliphatic heterocycles. The number of halogens is 3. The summed E-state index contributed by atoms with van der Waals surface area (Å²) in [5.74, 6) is -2.58. The van der Waals surface area contributed by atoms with Gasteiger partial charge in [0.15, 0.2) is 2.14 Å². The molecule has 0 N–H and O–H groups in total. The first-order chi connectivity index (χ1) is 6.25. The van der Waals surface area contributed by atoms with Crippen molar-refractivity contribution in [3.05, 3.63) is 0 Å². The molecule has 0 saturated carbocycles. The van der Waals surface area contributed by atoms with E-state index in [4.69, 9.17) is 0 Å². The summed E-state index contributed by atoms with van der Waals surface area (Å²) in [6, 6.07) is 0. The topological polar surface area (TPSA) is 63.7 Å². The van der Waals surface area contributed by atoms with Gasteiger partial charge in [0.2, 0.25) is 12.1 Å². The molecule has 0 aromatic heterocycles. The number of amides is 2. The molecule has 1 unspecified atom stereocenters. The van der Waals surface area contributed by atoms with Gasteiger partial charge < -0.3 is 4.74 Å². The Labute approximate surface area is 105 Å². The van der Waals surface area contributed by atoms with Gasteiger partial charge in [0.05, 0.1) is 0 Å². The molecule has 0 bridgehead atoms. The Bertz CT molecular complexity index is 311. The van der Waals surface area contributed by atoms with E-state index in [2.05, 4.69) is 52.5 Å². The molecule has 5 nitrogen and oxygen atoms in total. The van der Waals surface area contributed by atoms with Crippen LogP contribution < -0.4 is 0 Å². The van der Waals surface area contributed by atoms with Crippen LogP contribution in [0.1, 0.15) is 6.92 Å². The van der Waals surface area contributed by atoms with Crippen molar-refractivity contribution in [2.45, 2.75) is 15.3 Å². The maximum atomic E-state index is 11.2. The lowest BCUT2D eigenvalue weighted by molar-refractivity contribution is -0.149. The van der Waals surface area contributed by atoms with Gasteiger partial charge in [-0.2, -0.15) is 0 Å². The largest absolute Gasteiger partial charge is 0.430 e. The lowest BCUT2D eigenvalue weighted by atomic mass is 10.4. The van der Waals surface area contributed by atoms with Crippen LogP contribution in [0, 0.1) is 0 Å². The van der Waals surface area contributed by atoms with E-state index in [1.165, 1.54) is 6.92 Å². The van der Waals surface area contributed by atoms with E-state index in [1.54, 1.807) is 0 Å². The van der Waals surface area contributed by atoms with Crippen LogP contribution in [0.25, 0.3) is 0 Å². The predicted molar refractivity (Wildman–Crippen MR) is 56.9 cm³/mol. The standard InChI is InChI=1S/C6H4Br3NO4/c1-2(11)10-3(12)4(13)14-5(10)6(7,8)9/h5H,1H3. The van der Waals surface area contributed by atoms with E-state index in [0.29, 0.717) is 0 Å². The minimum absolute atomic E-state index is 0.562. The number of hydrogen-bond donors (Lipinski definition) is 0. The number of hydrogen-bond acceptors (Lipinski definition) is 4. The van der Waals surface area contributed by atoms with Gasteiger partial charge >= 0.3 is 11.9 Å². The van der Waals surface area contributed by atoms with Crippen molar-refractivity contribution in [3.8, 4) is 0 Å². The van der Waals surface area contributed by atoms with Crippen molar-refractivity contribution in [1.82, 2.24) is 4.90 Å². The summed E-state index contributed by atoms with van der Waals surface area (Å²) in [5, 5.41) is 0. The number of carbonyl (C=O) groups is 3. The number of cyclic esters (lactones) is 1. The molecule has 1 atom stereocenters. The highest BCUT2D eigenvalue weighted by atomic mass is 80.0. The zero-order valence-corrected chi connectivity index (χ0v) is 11.5. The Hall–Kier alpha value is 0.0500. The predicted octanol–water partition coefficient (Wildman–Crippen LogP) is 1.08. The van der Waals surface area contributed by atoms with E-state index >= 15 is 0 Å². The fraction of sp³-hybridized carbons (Fsp3) is 0.500. The van der Waals surface area contributed by atoms with Crippen LogP contribution in [0.2, 0.25) is 0 Å². The van der Waals surface area contributed by atoms with Crippen molar-refractivity contribution >= 4 is 65.6 Å². The quantitative estimate of drug-likeness (QED) is 0.351. The maximum absolute atomic E-state index is 11.2. The van der Waals surface area contributed by atoms with Gasteiger partial charge in [-0.05, 0) is 0 Å². The Morgan fingerprint density at radius 3 is 2.21 bits per heavy atom. The number of nitrogens with zero attached hydrogens (tertiary/aromatic N) is 1. The third-order valence-electron chi connectivity index (χ3n) is 1.47. The van der Waals surface area contributed by atoms with Crippen LogP contribution in [-0.4, -0.2) is 31.1 Å². The molecule has 14 heavy (non-hydrogen) atoms. The minimum atomic E-state index is -1.05. The second-order valence-electron chi connectivity index (χ2n) is 2.49. The Kier molecular flexibility index (Phi) is 3.37. The smallest absolute Gasteiger partial charge is 0.399 e. The Morgan fingerprint density at radius 2 is 1.93 bits per heavy atom. The van der Waals surface area contributed by atoms with Crippen LogP contribution in [0.4, 0.5) is 0 Å². The average molecular weight is 394 g/mol. The normalized spacial score (nSPS) is 22.6. The first-order valence-corrected chi connectivity index (χ1v) is 5.74. The van der Waals surface area contributed by atoms with Crippen LogP contribution in [0.15, 0.2) is 0 Å². The molecule has 0 aromatic carbocycles. The Morgan fingerprint density at radius 1 is 1.43 bits per heavy atom. The highest BCUT2D eigenvalue weighted by Gasteiger charge is 2.51. The van der Waals surface area contributed by atoms with Crippen molar-refractivity contribution < 1.29 is 19.1 Å². The monoisotopic (exact) mass is 391 g/mol. The second-order valence-corrected chi connectivity index (χ2v) is 9.44. The van der Waals surface area contributed by atoms with Crippen LogP contribution >= 0.6 is 47.8 Å². The van der Waals surface area contributed by atoms with Crippen molar-refractivity contribution in [3.63, 3.8) is 0 Å². The summed E-state index contributed by atoms with van der Waals surface area (Å²) in [7, 11) is 0. The van der Waals surface area contributed by atoms with Crippen LogP contribution in [-0.2, 0) is 19.1 Å². The fourth-order valence-corrected chi connectivity index (χ4v) is 1.83. The molecule has 78 valence electrons. The molecule has 1 heterocycles. The van der Waals surface area contributed by atoms with E-state index < -0.39 is 26.2 Å². The molecule has 1 saturated heterocycles. The highest BCUT2D eigenvalue weighted by Crippen LogP contribution is 2.42. The zero-order valence-electron chi connectivity index (χ0n) is 6.79. The van der Waals surface area contributed by atoms with E-state index in [9.17, 15) is 14.4 Å². The highest BCUT2D eigenvalue weighted by molar-refractivity contribution is 9.39. The van der Waals surface area contributed by atoms with E-state index in [0.717, 1.165) is 4.90 Å².